The van der Waals surface area contributed by atoms with E-state index in [2.05, 4.69) is 42.5 Å². The standard InChI is InChI=1S/C17H20ClN3/c1-4-15(11(2)3)21-16(9-18)20-14-10-19-13-8-6-5-7-12(13)17(14)21/h5-8,10-11,15H,4,9H2,1-3H3. The van der Waals surface area contributed by atoms with Crippen LogP contribution in [0.15, 0.2) is 30.5 Å². The Kier molecular flexibility index (Phi) is 3.85. The summed E-state index contributed by atoms with van der Waals surface area (Å²) in [5, 5.41) is 1.15. The number of halogens is 1. The molecule has 21 heavy (non-hydrogen) atoms. The number of para-hydroxylation sites is 1. The molecule has 2 heterocycles. The zero-order valence-corrected chi connectivity index (χ0v) is 13.4. The number of fused-ring (bicyclic) bond motifs is 3. The number of alkyl halides is 1. The molecular weight excluding hydrogens is 282 g/mol. The molecule has 0 bridgehead atoms. The minimum Gasteiger partial charge on any atom is -0.323 e. The maximum Gasteiger partial charge on any atom is 0.125 e. The molecule has 110 valence electrons. The third-order valence-corrected chi connectivity index (χ3v) is 4.37. The Hall–Kier alpha value is -1.61. The van der Waals surface area contributed by atoms with Gasteiger partial charge in [0, 0.05) is 11.4 Å². The first-order valence-corrected chi connectivity index (χ1v) is 8.01. The number of aromatic nitrogens is 3. The van der Waals surface area contributed by atoms with Crippen LogP contribution in [0.4, 0.5) is 0 Å². The second kappa shape index (κ2) is 5.64. The maximum atomic E-state index is 6.16. The van der Waals surface area contributed by atoms with Crippen molar-refractivity contribution < 1.29 is 0 Å². The molecule has 0 saturated carbocycles. The molecule has 0 N–H and O–H groups in total. The maximum absolute atomic E-state index is 6.16. The molecule has 1 atom stereocenters. The molecule has 0 spiro atoms. The first kappa shape index (κ1) is 14.3. The van der Waals surface area contributed by atoms with Gasteiger partial charge in [0.15, 0.2) is 0 Å². The van der Waals surface area contributed by atoms with Crippen LogP contribution in [0, 0.1) is 5.92 Å². The van der Waals surface area contributed by atoms with Crippen LogP contribution < -0.4 is 0 Å². The van der Waals surface area contributed by atoms with Gasteiger partial charge in [0.2, 0.25) is 0 Å². The molecule has 0 radical (unpaired) electrons. The summed E-state index contributed by atoms with van der Waals surface area (Å²) in [6.07, 6.45) is 2.92. The van der Waals surface area contributed by atoms with Crippen LogP contribution in [0.25, 0.3) is 21.9 Å². The lowest BCUT2D eigenvalue weighted by Gasteiger charge is -2.24. The molecule has 4 heteroatoms. The Morgan fingerprint density at radius 1 is 1.19 bits per heavy atom. The van der Waals surface area contributed by atoms with Crippen LogP contribution in [0.5, 0.6) is 0 Å². The highest BCUT2D eigenvalue weighted by Crippen LogP contribution is 2.32. The quantitative estimate of drug-likeness (QED) is 0.640. The lowest BCUT2D eigenvalue weighted by atomic mass is 10.0. The van der Waals surface area contributed by atoms with Crippen molar-refractivity contribution in [2.45, 2.75) is 39.1 Å². The van der Waals surface area contributed by atoms with Gasteiger partial charge in [0.25, 0.3) is 0 Å². The summed E-state index contributed by atoms with van der Waals surface area (Å²) in [5.74, 6) is 1.89. The predicted molar refractivity (Wildman–Crippen MR) is 88.8 cm³/mol. The van der Waals surface area contributed by atoms with Crippen LogP contribution in [-0.2, 0) is 5.88 Å². The number of nitrogens with zero attached hydrogens (tertiary/aromatic N) is 3. The summed E-state index contributed by atoms with van der Waals surface area (Å²) >= 11 is 6.16. The molecular formula is C17H20ClN3. The van der Waals surface area contributed by atoms with E-state index >= 15 is 0 Å². The highest BCUT2D eigenvalue weighted by molar-refractivity contribution is 6.17. The van der Waals surface area contributed by atoms with Crippen molar-refractivity contribution in [1.29, 1.82) is 0 Å². The van der Waals surface area contributed by atoms with E-state index in [1.54, 1.807) is 0 Å². The average molecular weight is 302 g/mol. The molecule has 3 aromatic rings. The van der Waals surface area contributed by atoms with E-state index in [1.807, 2.05) is 18.3 Å². The zero-order chi connectivity index (χ0) is 15.0. The van der Waals surface area contributed by atoms with E-state index in [0.29, 0.717) is 17.8 Å². The van der Waals surface area contributed by atoms with Crippen molar-refractivity contribution in [3.63, 3.8) is 0 Å². The molecule has 0 aliphatic rings. The Balaban J connectivity index is 2.41. The second-order valence-electron chi connectivity index (χ2n) is 5.76. The van der Waals surface area contributed by atoms with E-state index in [9.17, 15) is 0 Å². The van der Waals surface area contributed by atoms with Crippen LogP contribution in [-0.4, -0.2) is 14.5 Å². The fourth-order valence-corrected chi connectivity index (χ4v) is 3.37. The molecule has 1 aromatic carbocycles. The molecule has 0 saturated heterocycles. The lowest BCUT2D eigenvalue weighted by molar-refractivity contribution is 0.367. The molecule has 0 fully saturated rings. The van der Waals surface area contributed by atoms with Gasteiger partial charge >= 0.3 is 0 Å². The summed E-state index contributed by atoms with van der Waals surface area (Å²) in [6, 6.07) is 8.63. The molecule has 2 aromatic heterocycles. The van der Waals surface area contributed by atoms with Crippen LogP contribution >= 0.6 is 11.6 Å². The van der Waals surface area contributed by atoms with Crippen molar-refractivity contribution in [2.24, 2.45) is 5.92 Å². The summed E-state index contributed by atoms with van der Waals surface area (Å²) < 4.78 is 2.33. The van der Waals surface area contributed by atoms with Crippen LogP contribution in [0.1, 0.15) is 39.1 Å². The van der Waals surface area contributed by atoms with Gasteiger partial charge in [-0.3, -0.25) is 4.98 Å². The van der Waals surface area contributed by atoms with Crippen molar-refractivity contribution in [3.05, 3.63) is 36.3 Å². The van der Waals surface area contributed by atoms with Gasteiger partial charge in [-0.15, -0.1) is 11.6 Å². The molecule has 0 aliphatic carbocycles. The molecule has 3 nitrogen and oxygen atoms in total. The highest BCUT2D eigenvalue weighted by Gasteiger charge is 2.21. The van der Waals surface area contributed by atoms with E-state index in [1.165, 1.54) is 0 Å². The fraction of sp³-hybridized carbons (Fsp3) is 0.412. The summed E-state index contributed by atoms with van der Waals surface area (Å²) in [4.78, 5) is 9.21. The molecule has 0 aliphatic heterocycles. The number of pyridine rings is 1. The number of imidazole rings is 1. The van der Waals surface area contributed by atoms with Gasteiger partial charge in [0.1, 0.15) is 11.3 Å². The van der Waals surface area contributed by atoms with Crippen molar-refractivity contribution in [2.75, 3.05) is 0 Å². The van der Waals surface area contributed by atoms with Crippen LogP contribution in [0.3, 0.4) is 0 Å². The number of rotatable bonds is 4. The minimum atomic E-state index is 0.398. The topological polar surface area (TPSA) is 30.7 Å². The van der Waals surface area contributed by atoms with Gasteiger partial charge in [-0.05, 0) is 18.4 Å². The third kappa shape index (κ3) is 2.30. The SMILES string of the molecule is CCC(C(C)C)n1c(CCl)nc2cnc3ccccc3c21. The monoisotopic (exact) mass is 301 g/mol. The summed E-state index contributed by atoms with van der Waals surface area (Å²) in [6.45, 7) is 6.72. The minimum absolute atomic E-state index is 0.398. The predicted octanol–water partition coefficient (Wildman–Crippen LogP) is 4.93. The molecule has 3 rings (SSSR count). The smallest absolute Gasteiger partial charge is 0.125 e. The summed E-state index contributed by atoms with van der Waals surface area (Å²) in [7, 11) is 0. The zero-order valence-electron chi connectivity index (χ0n) is 12.7. The highest BCUT2D eigenvalue weighted by atomic mass is 35.5. The Labute approximate surface area is 130 Å². The molecule has 1 unspecified atom stereocenters. The van der Waals surface area contributed by atoms with Crippen molar-refractivity contribution in [3.8, 4) is 0 Å². The van der Waals surface area contributed by atoms with Crippen molar-refractivity contribution in [1.82, 2.24) is 14.5 Å². The Morgan fingerprint density at radius 2 is 1.95 bits per heavy atom. The Morgan fingerprint density at radius 3 is 2.62 bits per heavy atom. The third-order valence-electron chi connectivity index (χ3n) is 4.14. The number of hydrogen-bond donors (Lipinski definition) is 0. The average Bonchev–Trinajstić information content (AvgIpc) is 2.87. The van der Waals surface area contributed by atoms with E-state index in [-0.39, 0.29) is 0 Å². The first-order valence-electron chi connectivity index (χ1n) is 7.47. The van der Waals surface area contributed by atoms with E-state index in [0.717, 1.165) is 34.2 Å². The van der Waals surface area contributed by atoms with E-state index < -0.39 is 0 Å². The van der Waals surface area contributed by atoms with Crippen LogP contribution in [0.2, 0.25) is 0 Å². The Bertz CT molecular complexity index is 776. The van der Waals surface area contributed by atoms with Gasteiger partial charge in [-0.25, -0.2) is 4.98 Å². The summed E-state index contributed by atoms with van der Waals surface area (Å²) in [5.41, 5.74) is 3.10. The van der Waals surface area contributed by atoms with Gasteiger partial charge in [-0.1, -0.05) is 39.0 Å². The normalized spacial score (nSPS) is 13.4. The van der Waals surface area contributed by atoms with Crippen molar-refractivity contribution >= 4 is 33.5 Å². The van der Waals surface area contributed by atoms with Gasteiger partial charge < -0.3 is 4.57 Å². The second-order valence-corrected chi connectivity index (χ2v) is 6.03. The number of benzene rings is 1. The lowest BCUT2D eigenvalue weighted by Crippen LogP contribution is -2.16. The fourth-order valence-electron chi connectivity index (χ4n) is 3.18. The van der Waals surface area contributed by atoms with E-state index in [4.69, 9.17) is 16.6 Å². The largest absolute Gasteiger partial charge is 0.323 e. The first-order chi connectivity index (χ1) is 10.2. The molecule has 0 amide bonds. The van der Waals surface area contributed by atoms with Gasteiger partial charge in [-0.2, -0.15) is 0 Å². The number of hydrogen-bond acceptors (Lipinski definition) is 2. The van der Waals surface area contributed by atoms with Gasteiger partial charge in [0.05, 0.1) is 23.1 Å².